The largest absolute Gasteiger partial charge is 0.418 e. The van der Waals surface area contributed by atoms with E-state index in [1.54, 1.807) is 85.8 Å². The van der Waals surface area contributed by atoms with Crippen LogP contribution >= 0.6 is 23.4 Å². The van der Waals surface area contributed by atoms with Crippen LogP contribution in [0.3, 0.4) is 0 Å². The van der Waals surface area contributed by atoms with Crippen molar-refractivity contribution >= 4 is 58.5 Å². The molecule has 3 N–H and O–H groups in total. The number of halogens is 4. The van der Waals surface area contributed by atoms with Crippen LogP contribution in [-0.2, 0) is 15.8 Å². The van der Waals surface area contributed by atoms with E-state index >= 15 is 0 Å². The molecule has 0 saturated heterocycles. The Hall–Kier alpha value is -4.54. The molecule has 0 aromatic heterocycles. The van der Waals surface area contributed by atoms with Crippen LogP contribution in [0.1, 0.15) is 28.4 Å². The number of rotatable bonds is 9. The van der Waals surface area contributed by atoms with Crippen molar-refractivity contribution in [3.05, 3.63) is 131 Å². The number of hydrogen-bond donors (Lipinski definition) is 3. The van der Waals surface area contributed by atoms with Gasteiger partial charge < -0.3 is 16.0 Å². The van der Waals surface area contributed by atoms with Crippen molar-refractivity contribution in [2.24, 2.45) is 0 Å². The number of carbonyl (C=O) groups is 3. The fraction of sp³-hybridized carbons (Fsp3) is 0.0938. The highest BCUT2D eigenvalue weighted by atomic mass is 35.5. The van der Waals surface area contributed by atoms with Gasteiger partial charge in [-0.3, -0.25) is 14.4 Å². The van der Waals surface area contributed by atoms with E-state index in [0.717, 1.165) is 17.8 Å². The first kappa shape index (κ1) is 31.4. The Morgan fingerprint density at radius 2 is 1.51 bits per heavy atom. The molecule has 0 fully saturated rings. The van der Waals surface area contributed by atoms with Gasteiger partial charge in [-0.1, -0.05) is 66.2 Å². The van der Waals surface area contributed by atoms with Gasteiger partial charge in [-0.05, 0) is 67.1 Å². The van der Waals surface area contributed by atoms with Crippen molar-refractivity contribution in [3.63, 3.8) is 0 Å². The molecule has 1 atom stereocenters. The van der Waals surface area contributed by atoms with Crippen LogP contribution < -0.4 is 16.0 Å². The van der Waals surface area contributed by atoms with E-state index in [0.29, 0.717) is 26.7 Å². The number of para-hydroxylation sites is 1. The molecule has 4 aromatic rings. The molecule has 0 radical (unpaired) electrons. The van der Waals surface area contributed by atoms with Crippen molar-refractivity contribution in [3.8, 4) is 0 Å². The summed E-state index contributed by atoms with van der Waals surface area (Å²) in [5, 5.41) is 7.34. The first-order valence-electron chi connectivity index (χ1n) is 12.9. The molecule has 4 rings (SSSR count). The summed E-state index contributed by atoms with van der Waals surface area (Å²) in [4.78, 5) is 39.5. The van der Waals surface area contributed by atoms with Crippen molar-refractivity contribution in [1.29, 1.82) is 0 Å². The minimum atomic E-state index is -4.62. The lowest BCUT2D eigenvalue weighted by Gasteiger charge is -2.16. The highest BCUT2D eigenvalue weighted by Gasteiger charge is 2.34. The van der Waals surface area contributed by atoms with Crippen LogP contribution in [0.5, 0.6) is 0 Å². The third-order valence-corrected chi connectivity index (χ3v) is 7.44. The van der Waals surface area contributed by atoms with Crippen LogP contribution in [-0.4, -0.2) is 23.0 Å². The molecule has 1 unspecified atom stereocenters. The molecular formula is C32H25ClF3N3O3S. The summed E-state index contributed by atoms with van der Waals surface area (Å²) >= 11 is 7.38. The third kappa shape index (κ3) is 8.73. The van der Waals surface area contributed by atoms with Gasteiger partial charge in [0.2, 0.25) is 5.91 Å². The summed E-state index contributed by atoms with van der Waals surface area (Å²) in [6.45, 7) is 1.56. The summed E-state index contributed by atoms with van der Waals surface area (Å²) in [5.41, 5.74) is -0.1000. The molecule has 0 bridgehead atoms. The number of amides is 3. The molecule has 6 nitrogen and oxygen atoms in total. The second-order valence-corrected chi connectivity index (χ2v) is 11.0. The molecule has 4 aromatic carbocycles. The van der Waals surface area contributed by atoms with Gasteiger partial charge in [0.1, 0.15) is 5.70 Å². The number of hydrogen-bond acceptors (Lipinski definition) is 4. The van der Waals surface area contributed by atoms with Crippen molar-refractivity contribution in [2.75, 3.05) is 10.6 Å². The lowest BCUT2D eigenvalue weighted by atomic mass is 10.1. The van der Waals surface area contributed by atoms with Gasteiger partial charge in [-0.25, -0.2) is 0 Å². The van der Waals surface area contributed by atoms with Gasteiger partial charge in [0.15, 0.2) is 0 Å². The van der Waals surface area contributed by atoms with Crippen molar-refractivity contribution in [1.82, 2.24) is 5.32 Å². The van der Waals surface area contributed by atoms with Crippen LogP contribution in [0.25, 0.3) is 6.08 Å². The topological polar surface area (TPSA) is 87.3 Å². The summed E-state index contributed by atoms with van der Waals surface area (Å²) in [5.74, 6) is -1.74. The lowest BCUT2D eigenvalue weighted by Crippen LogP contribution is -2.30. The highest BCUT2D eigenvalue weighted by molar-refractivity contribution is 8.00. The van der Waals surface area contributed by atoms with Crippen molar-refractivity contribution in [2.45, 2.75) is 23.2 Å². The summed E-state index contributed by atoms with van der Waals surface area (Å²) in [6.07, 6.45) is -3.16. The van der Waals surface area contributed by atoms with Gasteiger partial charge >= 0.3 is 6.18 Å². The van der Waals surface area contributed by atoms with Crippen molar-refractivity contribution < 1.29 is 27.6 Å². The first-order chi connectivity index (χ1) is 20.5. The number of carbonyl (C=O) groups excluding carboxylic acids is 3. The Labute approximate surface area is 255 Å². The number of thioether (sulfide) groups is 1. The number of anilines is 2. The molecular weight excluding hydrogens is 599 g/mol. The third-order valence-electron chi connectivity index (χ3n) is 6.00. The van der Waals surface area contributed by atoms with E-state index in [1.807, 2.05) is 0 Å². The predicted octanol–water partition coefficient (Wildman–Crippen LogP) is 7.89. The summed E-state index contributed by atoms with van der Waals surface area (Å²) < 4.78 is 40.0. The highest BCUT2D eigenvalue weighted by Crippen LogP contribution is 2.35. The maximum Gasteiger partial charge on any atom is 0.418 e. The van der Waals surface area contributed by atoms with Gasteiger partial charge in [-0.2, -0.15) is 13.2 Å². The summed E-state index contributed by atoms with van der Waals surface area (Å²) in [6, 6.07) is 26.6. The fourth-order valence-electron chi connectivity index (χ4n) is 3.87. The molecule has 3 amide bonds. The molecule has 0 spiro atoms. The molecule has 0 heterocycles. The van der Waals surface area contributed by atoms with Crippen LogP contribution in [0.4, 0.5) is 24.5 Å². The average molecular weight is 624 g/mol. The quantitative estimate of drug-likeness (QED) is 0.131. The molecule has 0 saturated carbocycles. The van der Waals surface area contributed by atoms with Crippen LogP contribution in [0.2, 0.25) is 5.02 Å². The smallest absolute Gasteiger partial charge is 0.325 e. The molecule has 0 aliphatic heterocycles. The average Bonchev–Trinajstić information content (AvgIpc) is 2.98. The van der Waals surface area contributed by atoms with E-state index < -0.39 is 34.7 Å². The minimum absolute atomic E-state index is 0.0592. The number of alkyl halides is 3. The second kappa shape index (κ2) is 14.1. The van der Waals surface area contributed by atoms with E-state index in [9.17, 15) is 27.6 Å². The van der Waals surface area contributed by atoms with Crippen LogP contribution in [0.15, 0.2) is 114 Å². The van der Waals surface area contributed by atoms with Gasteiger partial charge in [0, 0.05) is 21.2 Å². The Morgan fingerprint density at radius 3 is 2.23 bits per heavy atom. The zero-order chi connectivity index (χ0) is 31.0. The first-order valence-corrected chi connectivity index (χ1v) is 14.1. The number of benzene rings is 4. The van der Waals surface area contributed by atoms with Gasteiger partial charge in [0.25, 0.3) is 11.8 Å². The lowest BCUT2D eigenvalue weighted by molar-refractivity contribution is -0.137. The SMILES string of the molecule is CC(Sc1cccc(NC(=O)/C(=C\c2ccccc2Cl)NC(=O)c2ccccc2)c1)C(=O)Nc1ccccc1C(F)(F)F. The predicted molar refractivity (Wildman–Crippen MR) is 164 cm³/mol. The number of nitrogens with one attached hydrogen (secondary N) is 3. The normalized spacial score (nSPS) is 12.3. The van der Waals surface area contributed by atoms with Gasteiger partial charge in [-0.15, -0.1) is 11.8 Å². The monoisotopic (exact) mass is 623 g/mol. The Morgan fingerprint density at radius 1 is 0.837 bits per heavy atom. The Bertz CT molecular complexity index is 1660. The van der Waals surface area contributed by atoms with E-state index in [2.05, 4.69) is 16.0 Å². The van der Waals surface area contributed by atoms with Gasteiger partial charge in [0.05, 0.1) is 16.5 Å². The van der Waals surface area contributed by atoms with E-state index in [1.165, 1.54) is 24.3 Å². The fourth-order valence-corrected chi connectivity index (χ4v) is 4.98. The molecule has 0 aliphatic rings. The Kier molecular flexibility index (Phi) is 10.3. The Balaban J connectivity index is 1.49. The molecule has 220 valence electrons. The maximum atomic E-state index is 13.4. The minimum Gasteiger partial charge on any atom is -0.325 e. The second-order valence-electron chi connectivity index (χ2n) is 9.17. The molecule has 43 heavy (non-hydrogen) atoms. The van der Waals surface area contributed by atoms with Crippen LogP contribution in [0, 0.1) is 0 Å². The van der Waals surface area contributed by atoms with E-state index in [4.69, 9.17) is 11.6 Å². The standard InChI is InChI=1S/C32H25ClF3N3O3S/c1-20(29(40)38-27-17-8-6-15-25(27)32(34,35)36)43-24-14-9-13-23(19-24)37-31(42)28(18-22-12-5-7-16-26(22)33)39-30(41)21-10-3-2-4-11-21/h2-20H,1H3,(H,37,42)(H,38,40)(H,39,41)/b28-18+. The zero-order valence-electron chi connectivity index (χ0n) is 22.6. The zero-order valence-corrected chi connectivity index (χ0v) is 24.2. The molecule has 11 heteroatoms. The maximum absolute atomic E-state index is 13.4. The molecule has 0 aliphatic carbocycles. The van der Waals surface area contributed by atoms with E-state index in [-0.39, 0.29) is 11.4 Å². The summed E-state index contributed by atoms with van der Waals surface area (Å²) in [7, 11) is 0.